The van der Waals surface area contributed by atoms with E-state index in [1.165, 1.54) is 0 Å². The van der Waals surface area contributed by atoms with E-state index >= 15 is 0 Å². The highest BCUT2D eigenvalue weighted by Gasteiger charge is 2.50. The Morgan fingerprint density at radius 2 is 1.67 bits per heavy atom. The zero-order chi connectivity index (χ0) is 26.4. The summed E-state index contributed by atoms with van der Waals surface area (Å²) in [6.45, 7) is 6.75. The average Bonchev–Trinajstić information content (AvgIpc) is 3.48. The van der Waals surface area contributed by atoms with Gasteiger partial charge in [0.15, 0.2) is 9.84 Å². The van der Waals surface area contributed by atoms with Crippen molar-refractivity contribution < 1.29 is 22.7 Å². The van der Waals surface area contributed by atoms with Gasteiger partial charge >= 0.3 is 0 Å². The molecule has 7 nitrogen and oxygen atoms in total. The molecule has 10 heteroatoms. The topological polar surface area (TPSA) is 102 Å². The van der Waals surface area contributed by atoms with Gasteiger partial charge in [0, 0.05) is 22.5 Å². The second kappa shape index (κ2) is 10.2. The maximum absolute atomic E-state index is 13.9. The van der Waals surface area contributed by atoms with Gasteiger partial charge in [-0.05, 0) is 63.1 Å². The summed E-state index contributed by atoms with van der Waals surface area (Å²) in [6.07, 6.45) is -1.91. The van der Waals surface area contributed by atoms with Crippen LogP contribution in [0.2, 0.25) is 10.0 Å². The molecule has 0 radical (unpaired) electrons. The van der Waals surface area contributed by atoms with Crippen LogP contribution in [-0.4, -0.2) is 54.2 Å². The smallest absolute Gasteiger partial charge is 0.252 e. The minimum atomic E-state index is -3.53. The van der Waals surface area contributed by atoms with Crippen LogP contribution in [0, 0.1) is 0 Å². The molecule has 0 aliphatic carbocycles. The lowest BCUT2D eigenvalue weighted by atomic mass is 9.90. The van der Waals surface area contributed by atoms with Crippen molar-refractivity contribution in [3.63, 3.8) is 0 Å². The highest BCUT2D eigenvalue weighted by Crippen LogP contribution is 2.45. The van der Waals surface area contributed by atoms with Crippen LogP contribution in [0.1, 0.15) is 57.4 Å². The number of halogens is 2. The number of sulfone groups is 1. The van der Waals surface area contributed by atoms with E-state index < -0.39 is 45.1 Å². The normalized spacial score (nSPS) is 27.7. The fourth-order valence-corrected chi connectivity index (χ4v) is 6.17. The molecule has 4 rings (SSSR count). The van der Waals surface area contributed by atoms with Crippen LogP contribution < -0.4 is 5.73 Å². The lowest BCUT2D eigenvalue weighted by molar-refractivity contribution is -0.179. The molecule has 36 heavy (non-hydrogen) atoms. The van der Waals surface area contributed by atoms with Gasteiger partial charge in [-0.3, -0.25) is 4.79 Å². The summed E-state index contributed by atoms with van der Waals surface area (Å²) in [6, 6.07) is 13.2. The maximum Gasteiger partial charge on any atom is 0.252 e. The number of hydrogen-bond donors (Lipinski definition) is 1. The Morgan fingerprint density at radius 3 is 2.22 bits per heavy atom. The van der Waals surface area contributed by atoms with Crippen LogP contribution in [-0.2, 0) is 24.1 Å². The van der Waals surface area contributed by atoms with Gasteiger partial charge in [-0.2, -0.15) is 0 Å². The monoisotopic (exact) mass is 554 g/mol. The Labute approximate surface area is 222 Å². The highest BCUT2D eigenvalue weighted by molar-refractivity contribution is 7.92. The third kappa shape index (κ3) is 5.74. The summed E-state index contributed by atoms with van der Waals surface area (Å²) in [5.74, 6) is -0.492. The molecule has 2 aliphatic heterocycles. The molecule has 2 N–H and O–H groups in total. The molecule has 2 aromatic rings. The van der Waals surface area contributed by atoms with E-state index in [0.29, 0.717) is 10.0 Å². The molecule has 2 unspecified atom stereocenters. The fourth-order valence-electron chi connectivity index (χ4n) is 4.55. The van der Waals surface area contributed by atoms with Crippen LogP contribution in [0.4, 0.5) is 0 Å². The van der Waals surface area contributed by atoms with Crippen LogP contribution in [0.3, 0.4) is 0 Å². The van der Waals surface area contributed by atoms with Gasteiger partial charge in [0.2, 0.25) is 0 Å². The number of ether oxygens (including phenoxy) is 2. The van der Waals surface area contributed by atoms with E-state index in [-0.39, 0.29) is 24.2 Å². The number of nitrogens with zero attached hydrogens (tertiary/aromatic N) is 1. The largest absolute Gasteiger partial charge is 0.358 e. The maximum atomic E-state index is 13.9. The molecule has 196 valence electrons. The molecule has 1 amide bonds. The van der Waals surface area contributed by atoms with Gasteiger partial charge < -0.3 is 20.1 Å². The fraction of sp³-hybridized carbons (Fsp3) is 0.500. The first kappa shape index (κ1) is 27.4. The first-order chi connectivity index (χ1) is 16.8. The van der Waals surface area contributed by atoms with E-state index in [1.807, 2.05) is 24.3 Å². The summed E-state index contributed by atoms with van der Waals surface area (Å²) in [5, 5.41) is 1.08. The average molecular weight is 556 g/mol. The van der Waals surface area contributed by atoms with Crippen molar-refractivity contribution >= 4 is 38.9 Å². The Hall–Kier alpha value is -1.68. The Morgan fingerprint density at radius 1 is 1.03 bits per heavy atom. The number of morpholine rings is 1. The minimum Gasteiger partial charge on any atom is -0.358 e. The number of benzene rings is 2. The third-order valence-electron chi connectivity index (χ3n) is 6.75. The number of epoxide rings is 1. The minimum absolute atomic E-state index is 0.194. The Balaban J connectivity index is 1.81. The molecule has 2 fully saturated rings. The van der Waals surface area contributed by atoms with Gasteiger partial charge in [-0.15, -0.1) is 0 Å². The van der Waals surface area contributed by atoms with E-state index in [1.54, 1.807) is 56.9 Å². The van der Waals surface area contributed by atoms with Gasteiger partial charge in [-0.25, -0.2) is 8.42 Å². The van der Waals surface area contributed by atoms with Gasteiger partial charge in [0.05, 0.1) is 16.5 Å². The third-order valence-corrected chi connectivity index (χ3v) is 10.0. The second-order valence-corrected chi connectivity index (χ2v) is 14.1. The van der Waals surface area contributed by atoms with E-state index in [0.717, 1.165) is 11.1 Å². The van der Waals surface area contributed by atoms with E-state index in [4.69, 9.17) is 38.4 Å². The molecule has 0 spiro atoms. The molecule has 0 saturated carbocycles. The summed E-state index contributed by atoms with van der Waals surface area (Å²) >= 11 is 12.5. The number of carbonyl (C=O) groups excluding carboxylic acids is 1. The molecular weight excluding hydrogens is 523 g/mol. The molecule has 2 heterocycles. The van der Waals surface area contributed by atoms with Crippen molar-refractivity contribution in [1.29, 1.82) is 0 Å². The molecule has 6 atom stereocenters. The number of amides is 1. The molecule has 2 aliphatic rings. The van der Waals surface area contributed by atoms with Gasteiger partial charge in [-0.1, -0.05) is 47.5 Å². The Kier molecular flexibility index (Phi) is 7.78. The molecule has 2 aromatic carbocycles. The van der Waals surface area contributed by atoms with Crippen molar-refractivity contribution in [1.82, 2.24) is 4.90 Å². The van der Waals surface area contributed by atoms with Crippen LogP contribution in [0.25, 0.3) is 0 Å². The van der Waals surface area contributed by atoms with Crippen LogP contribution in [0.15, 0.2) is 48.5 Å². The van der Waals surface area contributed by atoms with Crippen molar-refractivity contribution in [2.75, 3.05) is 5.75 Å². The summed E-state index contributed by atoms with van der Waals surface area (Å²) in [4.78, 5) is 15.6. The molecule has 2 saturated heterocycles. The zero-order valence-electron chi connectivity index (χ0n) is 20.7. The van der Waals surface area contributed by atoms with Crippen LogP contribution >= 0.6 is 23.2 Å². The van der Waals surface area contributed by atoms with Crippen molar-refractivity contribution in [2.24, 2.45) is 5.73 Å². The first-order valence-corrected chi connectivity index (χ1v) is 14.3. The predicted octanol–water partition coefficient (Wildman–Crippen LogP) is 4.68. The molecule has 0 bridgehead atoms. The van der Waals surface area contributed by atoms with Crippen molar-refractivity contribution in [2.45, 2.75) is 75.5 Å². The van der Waals surface area contributed by atoms with E-state index in [2.05, 4.69) is 0 Å². The van der Waals surface area contributed by atoms with Crippen molar-refractivity contribution in [3.8, 4) is 0 Å². The number of carbonyl (C=O) groups is 1. The summed E-state index contributed by atoms with van der Waals surface area (Å²) in [5.41, 5.74) is 7.39. The predicted molar refractivity (Wildman–Crippen MR) is 141 cm³/mol. The van der Waals surface area contributed by atoms with Gasteiger partial charge in [0.25, 0.3) is 5.91 Å². The standard InChI is InChI=1S/C26H32Cl2N2O5S/c1-15(14-36(32,33)26(2,3)4)30-22(16-8-10-18(27)11-9-16)23(17-6-5-7-19(28)12-17)34-21(25(30)31)13-20-24(29)35-20/h5-12,15,20-24H,13-14,29H2,1-4H3/t15-,20?,21+,22+,23+,24?/m0/s1. The lowest BCUT2D eigenvalue weighted by Gasteiger charge is -2.47. The zero-order valence-corrected chi connectivity index (χ0v) is 23.1. The molecular formula is C26H32Cl2N2O5S. The summed E-state index contributed by atoms with van der Waals surface area (Å²) in [7, 11) is -3.53. The number of nitrogens with two attached hydrogens (primary N) is 1. The van der Waals surface area contributed by atoms with Gasteiger partial charge in [0.1, 0.15) is 24.5 Å². The lowest BCUT2D eigenvalue weighted by Crippen LogP contribution is -2.56. The first-order valence-electron chi connectivity index (χ1n) is 11.9. The summed E-state index contributed by atoms with van der Waals surface area (Å²) < 4.78 is 37.2. The highest BCUT2D eigenvalue weighted by atomic mass is 35.5. The number of rotatable bonds is 7. The van der Waals surface area contributed by atoms with Crippen LogP contribution in [0.5, 0.6) is 0 Å². The Bertz CT molecular complexity index is 1220. The second-order valence-electron chi connectivity index (χ2n) is 10.5. The van der Waals surface area contributed by atoms with E-state index in [9.17, 15) is 13.2 Å². The number of hydrogen-bond acceptors (Lipinski definition) is 6. The quantitative estimate of drug-likeness (QED) is 0.498. The van der Waals surface area contributed by atoms with Crippen molar-refractivity contribution in [3.05, 3.63) is 69.7 Å². The SMILES string of the molecule is C[C@@H](CS(=O)(=O)C(C)(C)C)N1C(=O)[C@@H](CC2OC2N)O[C@H](c2cccc(Cl)c2)[C@H]1c1ccc(Cl)cc1. The molecule has 0 aromatic heterocycles.